The molecule has 0 aliphatic heterocycles. The van der Waals surface area contributed by atoms with Crippen molar-refractivity contribution in [1.29, 1.82) is 0 Å². The zero-order chi connectivity index (χ0) is 63.9. The van der Waals surface area contributed by atoms with Gasteiger partial charge in [-0.25, -0.2) is 9.13 Å². The molecule has 0 bridgehead atoms. The van der Waals surface area contributed by atoms with E-state index in [4.69, 9.17) is 37.0 Å². The van der Waals surface area contributed by atoms with Crippen molar-refractivity contribution in [1.82, 2.24) is 0 Å². The maximum absolute atomic E-state index is 13.0. The van der Waals surface area contributed by atoms with E-state index in [2.05, 4.69) is 55.4 Å². The number of phosphoric ester groups is 2. The lowest BCUT2D eigenvalue weighted by atomic mass is 9.99. The first kappa shape index (κ1) is 84.1. The monoisotopic (exact) mass is 1270 g/mol. The van der Waals surface area contributed by atoms with Gasteiger partial charge >= 0.3 is 39.5 Å². The van der Waals surface area contributed by atoms with E-state index in [0.29, 0.717) is 37.5 Å². The summed E-state index contributed by atoms with van der Waals surface area (Å²) in [4.78, 5) is 72.3. The van der Waals surface area contributed by atoms with E-state index in [-0.39, 0.29) is 25.7 Å². The lowest BCUT2D eigenvalue weighted by Gasteiger charge is -2.21. The minimum Gasteiger partial charge on any atom is -0.462 e. The van der Waals surface area contributed by atoms with E-state index >= 15 is 0 Å². The second-order valence-electron chi connectivity index (χ2n) is 25.9. The predicted octanol–water partition coefficient (Wildman–Crippen LogP) is 18.5. The molecule has 0 saturated carbocycles. The van der Waals surface area contributed by atoms with Crippen molar-refractivity contribution in [3.05, 3.63) is 0 Å². The third kappa shape index (κ3) is 59.7. The average molecular weight is 1270 g/mol. The summed E-state index contributed by atoms with van der Waals surface area (Å²) in [6.45, 7) is 14.0. The Hall–Kier alpha value is -1.94. The molecule has 3 N–H and O–H groups in total. The summed E-state index contributed by atoms with van der Waals surface area (Å²) >= 11 is 0. The normalized spacial score (nSPS) is 14.7. The first-order valence-corrected chi connectivity index (χ1v) is 37.7. The Kier molecular flexibility index (Phi) is 55.7. The molecule has 17 nitrogen and oxygen atoms in total. The van der Waals surface area contributed by atoms with E-state index < -0.39 is 97.5 Å². The Bertz CT molecular complexity index is 1720. The van der Waals surface area contributed by atoms with Crippen LogP contribution < -0.4 is 0 Å². The molecular weight excluding hydrogens is 1140 g/mol. The Balaban J connectivity index is 5.23. The van der Waals surface area contributed by atoms with E-state index in [9.17, 15) is 43.2 Å². The van der Waals surface area contributed by atoms with Crippen LogP contribution in [0.1, 0.15) is 325 Å². The van der Waals surface area contributed by atoms with Crippen LogP contribution in [0.3, 0.4) is 0 Å². The summed E-state index contributed by atoms with van der Waals surface area (Å²) in [7, 11) is -9.89. The number of aliphatic hydroxyl groups is 1. The van der Waals surface area contributed by atoms with Gasteiger partial charge in [-0.05, 0) is 49.4 Å². The number of carbonyl (C=O) groups is 4. The van der Waals surface area contributed by atoms with Gasteiger partial charge in [0.1, 0.15) is 19.3 Å². The highest BCUT2D eigenvalue weighted by Gasteiger charge is 2.30. The molecule has 0 aliphatic carbocycles. The second kappa shape index (κ2) is 57.0. The molecule has 86 heavy (non-hydrogen) atoms. The molecule has 510 valence electrons. The smallest absolute Gasteiger partial charge is 0.462 e. The average Bonchev–Trinajstić information content (AvgIpc) is 3.68. The summed E-state index contributed by atoms with van der Waals surface area (Å²) in [6, 6.07) is 0. The zero-order valence-corrected chi connectivity index (χ0v) is 57.7. The molecule has 19 heteroatoms. The fourth-order valence-electron chi connectivity index (χ4n) is 9.93. The number of aliphatic hydroxyl groups excluding tert-OH is 1. The number of hydrogen-bond donors (Lipinski definition) is 3. The number of hydrogen-bond acceptors (Lipinski definition) is 15. The highest BCUT2D eigenvalue weighted by molar-refractivity contribution is 7.47. The Morgan fingerprint density at radius 3 is 0.826 bits per heavy atom. The third-order valence-electron chi connectivity index (χ3n) is 15.7. The zero-order valence-electron chi connectivity index (χ0n) is 55.9. The highest BCUT2D eigenvalue weighted by Crippen LogP contribution is 2.45. The molecule has 0 aliphatic rings. The minimum absolute atomic E-state index is 0.101. The highest BCUT2D eigenvalue weighted by atomic mass is 31.2. The van der Waals surface area contributed by atoms with Crippen LogP contribution in [-0.2, 0) is 65.4 Å². The van der Waals surface area contributed by atoms with Crippen molar-refractivity contribution in [3.63, 3.8) is 0 Å². The number of carbonyl (C=O) groups excluding carboxylic acids is 4. The SMILES string of the molecule is CCC(C)CCCCCCCCCCCCC(=O)OC[C@H](COP(=O)(O)OCC(O)COP(=O)(O)OC[C@@H](COC(=O)CCCCCCCCCC(C)C)OC(=O)CCCCCCCCCCCCC(C)C)OC(=O)CCCCCCCCC(C)C. The quantitative estimate of drug-likeness (QED) is 0.0222. The van der Waals surface area contributed by atoms with Gasteiger partial charge in [-0.15, -0.1) is 0 Å². The number of esters is 4. The standard InChI is InChI=1S/C67H130O17P2/c1-9-60(8)46-38-30-21-15-11-13-16-22-31-39-47-64(69)77-54-63(84-67(72)50-42-34-26-25-29-37-45-59(6)7)56-82-86(75,76)80-52-61(68)51-79-85(73,74)81-55-62(53-78-65(70)48-40-32-24-18-20-28-36-44-58(4)5)83-66(71)49-41-33-23-17-12-10-14-19-27-35-43-57(2)3/h57-63,68H,9-56H2,1-8H3,(H,73,74)(H,75,76)/t60?,61?,62-,63-/m1/s1. The molecule has 0 radical (unpaired) electrons. The van der Waals surface area contributed by atoms with E-state index in [1.165, 1.54) is 122 Å². The summed E-state index contributed by atoms with van der Waals surface area (Å²) in [5, 5.41) is 10.6. The van der Waals surface area contributed by atoms with Crippen LogP contribution in [0.25, 0.3) is 0 Å². The maximum Gasteiger partial charge on any atom is 0.472 e. The number of ether oxygens (including phenoxy) is 4. The van der Waals surface area contributed by atoms with Gasteiger partial charge in [-0.2, -0.15) is 0 Å². The molecule has 0 heterocycles. The van der Waals surface area contributed by atoms with Gasteiger partial charge in [0, 0.05) is 25.7 Å². The molecular formula is C67H130O17P2. The summed E-state index contributed by atoms with van der Waals surface area (Å²) in [6.07, 6.45) is 37.7. The fourth-order valence-corrected chi connectivity index (χ4v) is 11.5. The topological polar surface area (TPSA) is 237 Å². The molecule has 0 aromatic carbocycles. The Morgan fingerprint density at radius 1 is 0.326 bits per heavy atom. The first-order valence-electron chi connectivity index (χ1n) is 34.7. The number of unbranched alkanes of at least 4 members (excludes halogenated alkanes) is 29. The maximum atomic E-state index is 13.0. The molecule has 0 amide bonds. The van der Waals surface area contributed by atoms with Gasteiger partial charge in [0.15, 0.2) is 12.2 Å². The Morgan fingerprint density at radius 2 is 0.558 bits per heavy atom. The van der Waals surface area contributed by atoms with E-state index in [1.807, 2.05) is 0 Å². The molecule has 0 spiro atoms. The van der Waals surface area contributed by atoms with Crippen LogP contribution in [-0.4, -0.2) is 96.7 Å². The van der Waals surface area contributed by atoms with Crippen molar-refractivity contribution >= 4 is 39.5 Å². The van der Waals surface area contributed by atoms with Gasteiger partial charge < -0.3 is 33.8 Å². The number of rotatable bonds is 64. The minimum atomic E-state index is -4.95. The molecule has 4 unspecified atom stereocenters. The summed E-state index contributed by atoms with van der Waals surface area (Å²) < 4.78 is 68.1. The molecule has 0 aromatic heterocycles. The van der Waals surface area contributed by atoms with Gasteiger partial charge in [0.2, 0.25) is 0 Å². The lowest BCUT2D eigenvalue weighted by Crippen LogP contribution is -2.30. The summed E-state index contributed by atoms with van der Waals surface area (Å²) in [5.74, 6) is 0.798. The molecule has 0 fully saturated rings. The largest absolute Gasteiger partial charge is 0.472 e. The Labute approximate surface area is 524 Å². The van der Waals surface area contributed by atoms with E-state index in [0.717, 1.165) is 108 Å². The predicted molar refractivity (Wildman–Crippen MR) is 344 cm³/mol. The molecule has 0 rings (SSSR count). The molecule has 6 atom stereocenters. The fraction of sp³-hybridized carbons (Fsp3) is 0.940. The van der Waals surface area contributed by atoms with Gasteiger partial charge in [-0.3, -0.25) is 37.3 Å². The van der Waals surface area contributed by atoms with Crippen LogP contribution in [0.4, 0.5) is 0 Å². The van der Waals surface area contributed by atoms with Crippen molar-refractivity contribution < 1.29 is 80.2 Å². The van der Waals surface area contributed by atoms with Crippen molar-refractivity contribution in [3.8, 4) is 0 Å². The van der Waals surface area contributed by atoms with Gasteiger partial charge in [0.05, 0.1) is 26.4 Å². The van der Waals surface area contributed by atoms with Gasteiger partial charge in [0.25, 0.3) is 0 Å². The molecule has 0 aromatic rings. The number of phosphoric acid groups is 2. The third-order valence-corrected chi connectivity index (χ3v) is 17.6. The van der Waals surface area contributed by atoms with Crippen LogP contribution >= 0.6 is 15.6 Å². The molecule has 0 saturated heterocycles. The van der Waals surface area contributed by atoms with Crippen LogP contribution in [0.15, 0.2) is 0 Å². The first-order chi connectivity index (χ1) is 41.1. The van der Waals surface area contributed by atoms with E-state index in [1.54, 1.807) is 0 Å². The van der Waals surface area contributed by atoms with Crippen molar-refractivity contribution in [2.45, 2.75) is 343 Å². The summed E-state index contributed by atoms with van der Waals surface area (Å²) in [5.41, 5.74) is 0. The van der Waals surface area contributed by atoms with Crippen molar-refractivity contribution in [2.24, 2.45) is 23.7 Å². The van der Waals surface area contributed by atoms with Crippen LogP contribution in [0.5, 0.6) is 0 Å². The lowest BCUT2D eigenvalue weighted by molar-refractivity contribution is -0.161. The second-order valence-corrected chi connectivity index (χ2v) is 28.8. The van der Waals surface area contributed by atoms with Crippen molar-refractivity contribution in [2.75, 3.05) is 39.6 Å². The van der Waals surface area contributed by atoms with Gasteiger partial charge in [-0.1, -0.05) is 274 Å². The van der Waals surface area contributed by atoms with Crippen LogP contribution in [0.2, 0.25) is 0 Å². The van der Waals surface area contributed by atoms with Crippen LogP contribution in [0, 0.1) is 23.7 Å².